The molecule has 1 amide bonds. The first-order chi connectivity index (χ1) is 11.4. The molecule has 124 valence electrons. The van der Waals surface area contributed by atoms with Crippen molar-refractivity contribution in [1.29, 1.82) is 0 Å². The molecule has 0 unspecified atom stereocenters. The smallest absolute Gasteiger partial charge is 0.289 e. The van der Waals surface area contributed by atoms with E-state index in [1.54, 1.807) is 24.3 Å². The Morgan fingerprint density at radius 1 is 1.12 bits per heavy atom. The van der Waals surface area contributed by atoms with Gasteiger partial charge in [-0.2, -0.15) is 0 Å². The zero-order valence-electron chi connectivity index (χ0n) is 12.6. The van der Waals surface area contributed by atoms with Crippen molar-refractivity contribution in [2.45, 2.75) is 6.54 Å². The number of non-ortho nitro benzene ring substituents is 1. The minimum atomic E-state index is -0.828. The number of nitro groups is 2. The number of carbonyl (C=O) groups excluding carboxylic acids is 1. The Kier molecular flexibility index (Phi) is 5.05. The molecule has 0 heterocycles. The molecule has 0 radical (unpaired) electrons. The molecular formula is C15H13N3O6. The number of nitrogens with one attached hydrogen (secondary N) is 1. The van der Waals surface area contributed by atoms with Crippen LogP contribution < -0.4 is 10.1 Å². The van der Waals surface area contributed by atoms with Crippen LogP contribution in [0.2, 0.25) is 0 Å². The summed E-state index contributed by atoms with van der Waals surface area (Å²) in [6, 6.07) is 9.86. The van der Waals surface area contributed by atoms with E-state index < -0.39 is 27.1 Å². The molecule has 0 saturated heterocycles. The van der Waals surface area contributed by atoms with Gasteiger partial charge in [0.15, 0.2) is 0 Å². The van der Waals surface area contributed by atoms with Crippen molar-refractivity contribution in [3.05, 3.63) is 73.8 Å². The van der Waals surface area contributed by atoms with E-state index in [4.69, 9.17) is 4.74 Å². The van der Waals surface area contributed by atoms with Gasteiger partial charge >= 0.3 is 0 Å². The number of carbonyl (C=O) groups is 1. The van der Waals surface area contributed by atoms with E-state index in [9.17, 15) is 25.0 Å². The third-order valence-electron chi connectivity index (χ3n) is 3.27. The van der Waals surface area contributed by atoms with E-state index >= 15 is 0 Å². The Balaban J connectivity index is 2.23. The second-order valence-electron chi connectivity index (χ2n) is 4.71. The minimum Gasteiger partial charge on any atom is -0.496 e. The van der Waals surface area contributed by atoms with Crippen molar-refractivity contribution in [2.24, 2.45) is 0 Å². The van der Waals surface area contributed by atoms with E-state index in [-0.39, 0.29) is 12.1 Å². The monoisotopic (exact) mass is 331 g/mol. The van der Waals surface area contributed by atoms with Gasteiger partial charge in [-0.05, 0) is 12.1 Å². The normalized spacial score (nSPS) is 10.0. The summed E-state index contributed by atoms with van der Waals surface area (Å²) in [4.78, 5) is 32.4. The maximum absolute atomic E-state index is 12.2. The molecule has 0 aliphatic rings. The Bertz CT molecular complexity index is 806. The van der Waals surface area contributed by atoms with Gasteiger partial charge in [0.1, 0.15) is 11.3 Å². The van der Waals surface area contributed by atoms with Crippen LogP contribution in [-0.4, -0.2) is 22.9 Å². The van der Waals surface area contributed by atoms with E-state index in [0.29, 0.717) is 11.3 Å². The van der Waals surface area contributed by atoms with Gasteiger partial charge in [-0.1, -0.05) is 18.2 Å². The molecule has 0 atom stereocenters. The lowest BCUT2D eigenvalue weighted by atomic mass is 10.1. The SMILES string of the molecule is COc1ccccc1CNC(=O)c1ccc([N+](=O)[O-])cc1[N+](=O)[O-]. The van der Waals surface area contributed by atoms with Gasteiger partial charge in [-0.25, -0.2) is 0 Å². The summed E-state index contributed by atoms with van der Waals surface area (Å²) in [5, 5.41) is 24.3. The van der Waals surface area contributed by atoms with Gasteiger partial charge in [0.2, 0.25) is 0 Å². The Morgan fingerprint density at radius 3 is 2.46 bits per heavy atom. The fourth-order valence-electron chi connectivity index (χ4n) is 2.10. The van der Waals surface area contributed by atoms with Crippen LogP contribution in [0.25, 0.3) is 0 Å². The van der Waals surface area contributed by atoms with E-state index in [1.165, 1.54) is 7.11 Å². The van der Waals surface area contributed by atoms with Gasteiger partial charge < -0.3 is 10.1 Å². The van der Waals surface area contributed by atoms with Crippen molar-refractivity contribution in [3.8, 4) is 5.75 Å². The van der Waals surface area contributed by atoms with Gasteiger partial charge in [0.05, 0.1) is 23.0 Å². The fraction of sp³-hybridized carbons (Fsp3) is 0.133. The molecule has 0 saturated carbocycles. The first-order valence-electron chi connectivity index (χ1n) is 6.77. The highest BCUT2D eigenvalue weighted by Gasteiger charge is 2.24. The molecule has 0 aromatic heterocycles. The van der Waals surface area contributed by atoms with E-state index in [0.717, 1.165) is 18.2 Å². The molecule has 2 aromatic carbocycles. The molecule has 9 nitrogen and oxygen atoms in total. The molecule has 2 rings (SSSR count). The van der Waals surface area contributed by atoms with Crippen LogP contribution in [0.15, 0.2) is 42.5 Å². The summed E-state index contributed by atoms with van der Waals surface area (Å²) in [7, 11) is 1.49. The van der Waals surface area contributed by atoms with Crippen LogP contribution in [-0.2, 0) is 6.54 Å². The molecule has 0 aliphatic heterocycles. The molecule has 1 N–H and O–H groups in total. The first-order valence-corrected chi connectivity index (χ1v) is 6.77. The molecule has 0 bridgehead atoms. The van der Waals surface area contributed by atoms with Gasteiger partial charge in [-0.15, -0.1) is 0 Å². The topological polar surface area (TPSA) is 125 Å². The van der Waals surface area contributed by atoms with Crippen LogP contribution in [0.1, 0.15) is 15.9 Å². The highest BCUT2D eigenvalue weighted by atomic mass is 16.6. The zero-order chi connectivity index (χ0) is 17.7. The van der Waals surface area contributed by atoms with Crippen LogP contribution in [0.5, 0.6) is 5.75 Å². The number of rotatable bonds is 6. The summed E-state index contributed by atoms with van der Waals surface area (Å²) < 4.78 is 5.15. The van der Waals surface area contributed by atoms with Crippen molar-refractivity contribution < 1.29 is 19.4 Å². The minimum absolute atomic E-state index is 0.0942. The van der Waals surface area contributed by atoms with Crippen molar-refractivity contribution in [2.75, 3.05) is 7.11 Å². The lowest BCUT2D eigenvalue weighted by Crippen LogP contribution is -2.24. The van der Waals surface area contributed by atoms with Crippen molar-refractivity contribution in [1.82, 2.24) is 5.32 Å². The van der Waals surface area contributed by atoms with Crippen LogP contribution in [0.3, 0.4) is 0 Å². The number of amides is 1. The molecule has 9 heteroatoms. The Labute approximate surface area is 136 Å². The number of methoxy groups -OCH3 is 1. The Morgan fingerprint density at radius 2 is 1.83 bits per heavy atom. The number of para-hydroxylation sites is 1. The predicted octanol–water partition coefficient (Wildman–Crippen LogP) is 2.44. The quantitative estimate of drug-likeness (QED) is 0.640. The number of nitrogens with zero attached hydrogens (tertiary/aromatic N) is 2. The molecule has 0 aliphatic carbocycles. The first kappa shape index (κ1) is 16.9. The molecule has 24 heavy (non-hydrogen) atoms. The predicted molar refractivity (Wildman–Crippen MR) is 83.9 cm³/mol. The van der Waals surface area contributed by atoms with Gasteiger partial charge in [0, 0.05) is 18.2 Å². The maximum atomic E-state index is 12.2. The number of hydrogen-bond donors (Lipinski definition) is 1. The van der Waals surface area contributed by atoms with Crippen LogP contribution in [0.4, 0.5) is 11.4 Å². The second-order valence-corrected chi connectivity index (χ2v) is 4.71. The summed E-state index contributed by atoms with van der Waals surface area (Å²) in [6.07, 6.45) is 0. The average Bonchev–Trinajstić information content (AvgIpc) is 2.59. The lowest BCUT2D eigenvalue weighted by Gasteiger charge is -2.09. The third-order valence-corrected chi connectivity index (χ3v) is 3.27. The van der Waals surface area contributed by atoms with Gasteiger partial charge in [0.25, 0.3) is 17.3 Å². The second kappa shape index (κ2) is 7.18. The number of nitro benzene ring substituents is 2. The fourth-order valence-corrected chi connectivity index (χ4v) is 2.10. The van der Waals surface area contributed by atoms with Crippen molar-refractivity contribution in [3.63, 3.8) is 0 Å². The standard InChI is InChI=1S/C15H13N3O6/c1-24-14-5-3-2-4-10(14)9-16-15(19)12-7-6-11(17(20)21)8-13(12)18(22)23/h2-8H,9H2,1H3,(H,16,19). The molecular weight excluding hydrogens is 318 g/mol. The summed E-state index contributed by atoms with van der Waals surface area (Å²) >= 11 is 0. The summed E-state index contributed by atoms with van der Waals surface area (Å²) in [6.45, 7) is 0.0942. The largest absolute Gasteiger partial charge is 0.496 e. The lowest BCUT2D eigenvalue weighted by molar-refractivity contribution is -0.394. The Hall–Kier alpha value is -3.49. The van der Waals surface area contributed by atoms with Crippen LogP contribution in [0, 0.1) is 20.2 Å². The maximum Gasteiger partial charge on any atom is 0.289 e. The number of hydrogen-bond acceptors (Lipinski definition) is 6. The highest BCUT2D eigenvalue weighted by Crippen LogP contribution is 2.25. The number of ether oxygens (including phenoxy) is 1. The summed E-state index contributed by atoms with van der Waals surface area (Å²) in [5.74, 6) is -0.140. The zero-order valence-corrected chi connectivity index (χ0v) is 12.6. The van der Waals surface area contributed by atoms with Crippen molar-refractivity contribution >= 4 is 17.3 Å². The van der Waals surface area contributed by atoms with E-state index in [1.807, 2.05) is 0 Å². The average molecular weight is 331 g/mol. The summed E-state index contributed by atoms with van der Waals surface area (Å²) in [5.41, 5.74) is -0.636. The molecule has 0 spiro atoms. The molecule has 2 aromatic rings. The number of benzene rings is 2. The van der Waals surface area contributed by atoms with E-state index in [2.05, 4.69) is 5.32 Å². The highest BCUT2D eigenvalue weighted by molar-refractivity contribution is 5.98. The third kappa shape index (κ3) is 3.64. The van der Waals surface area contributed by atoms with Gasteiger partial charge in [-0.3, -0.25) is 25.0 Å². The molecule has 0 fully saturated rings. The van der Waals surface area contributed by atoms with Crippen LogP contribution >= 0.6 is 0 Å².